The molecule has 0 aliphatic rings. The van der Waals surface area contributed by atoms with Crippen molar-refractivity contribution in [3.63, 3.8) is 0 Å². The standard InChI is InChI=1S/C10H9ClFN3O/c1-5-14-10(15-16-5)9(13)7-3-2-6(11)4-8(7)12/h2-4,9H,13H2,1H3. The lowest BCUT2D eigenvalue weighted by Gasteiger charge is -2.08. The predicted molar refractivity (Wildman–Crippen MR) is 56.5 cm³/mol. The van der Waals surface area contributed by atoms with Crippen LogP contribution >= 0.6 is 11.6 Å². The van der Waals surface area contributed by atoms with Gasteiger partial charge in [-0.2, -0.15) is 4.98 Å². The van der Waals surface area contributed by atoms with Gasteiger partial charge in [0, 0.05) is 17.5 Å². The molecule has 1 atom stereocenters. The fourth-order valence-corrected chi connectivity index (χ4v) is 1.49. The van der Waals surface area contributed by atoms with Gasteiger partial charge in [0.1, 0.15) is 5.82 Å². The molecule has 84 valence electrons. The third kappa shape index (κ3) is 2.05. The van der Waals surface area contributed by atoms with E-state index < -0.39 is 11.9 Å². The number of hydrogen-bond acceptors (Lipinski definition) is 4. The SMILES string of the molecule is Cc1nc(C(N)c2ccc(Cl)cc2F)no1. The van der Waals surface area contributed by atoms with Crippen molar-refractivity contribution in [1.29, 1.82) is 0 Å². The van der Waals surface area contributed by atoms with E-state index in [-0.39, 0.29) is 11.4 Å². The van der Waals surface area contributed by atoms with Crippen LogP contribution in [-0.2, 0) is 0 Å². The Morgan fingerprint density at radius 2 is 2.25 bits per heavy atom. The maximum atomic E-state index is 13.5. The highest BCUT2D eigenvalue weighted by Crippen LogP contribution is 2.22. The average Bonchev–Trinajstić information content (AvgIpc) is 2.64. The molecule has 1 unspecified atom stereocenters. The summed E-state index contributed by atoms with van der Waals surface area (Å²) >= 11 is 5.64. The van der Waals surface area contributed by atoms with Gasteiger partial charge in [0.25, 0.3) is 0 Å². The van der Waals surface area contributed by atoms with Gasteiger partial charge in [-0.1, -0.05) is 22.8 Å². The maximum absolute atomic E-state index is 13.5. The van der Waals surface area contributed by atoms with Gasteiger partial charge in [-0.05, 0) is 12.1 Å². The first-order valence-corrected chi connectivity index (χ1v) is 4.96. The van der Waals surface area contributed by atoms with E-state index in [1.165, 1.54) is 12.1 Å². The largest absolute Gasteiger partial charge is 0.340 e. The summed E-state index contributed by atoms with van der Waals surface area (Å²) in [6, 6.07) is 3.51. The normalized spacial score (nSPS) is 12.8. The van der Waals surface area contributed by atoms with E-state index in [2.05, 4.69) is 10.1 Å². The van der Waals surface area contributed by atoms with E-state index in [0.717, 1.165) is 0 Å². The van der Waals surface area contributed by atoms with Gasteiger partial charge in [0.05, 0.1) is 6.04 Å². The molecule has 0 bridgehead atoms. The highest BCUT2D eigenvalue weighted by molar-refractivity contribution is 6.30. The molecule has 1 heterocycles. The van der Waals surface area contributed by atoms with E-state index in [9.17, 15) is 4.39 Å². The summed E-state index contributed by atoms with van der Waals surface area (Å²) in [4.78, 5) is 3.95. The highest BCUT2D eigenvalue weighted by Gasteiger charge is 2.18. The molecule has 2 aromatic rings. The second-order valence-corrected chi connectivity index (χ2v) is 3.75. The van der Waals surface area contributed by atoms with Gasteiger partial charge in [-0.25, -0.2) is 4.39 Å². The van der Waals surface area contributed by atoms with Crippen LogP contribution in [0.15, 0.2) is 22.7 Å². The van der Waals surface area contributed by atoms with E-state index in [1.54, 1.807) is 13.0 Å². The quantitative estimate of drug-likeness (QED) is 0.876. The Labute approximate surface area is 96.2 Å². The van der Waals surface area contributed by atoms with Crippen molar-refractivity contribution in [2.24, 2.45) is 5.73 Å². The monoisotopic (exact) mass is 241 g/mol. The predicted octanol–water partition coefficient (Wildman–Crippen LogP) is 2.22. The van der Waals surface area contributed by atoms with Crippen LogP contribution < -0.4 is 5.73 Å². The van der Waals surface area contributed by atoms with E-state index >= 15 is 0 Å². The summed E-state index contributed by atoms with van der Waals surface area (Å²) in [6.07, 6.45) is 0. The minimum absolute atomic E-state index is 0.249. The third-order valence-electron chi connectivity index (χ3n) is 2.12. The average molecular weight is 242 g/mol. The lowest BCUT2D eigenvalue weighted by molar-refractivity contribution is 0.385. The minimum Gasteiger partial charge on any atom is -0.340 e. The Kier molecular flexibility index (Phi) is 2.89. The van der Waals surface area contributed by atoms with Crippen LogP contribution in [0.1, 0.15) is 23.3 Å². The molecule has 0 amide bonds. The third-order valence-corrected chi connectivity index (χ3v) is 2.35. The first kappa shape index (κ1) is 11.0. The zero-order valence-corrected chi connectivity index (χ0v) is 9.20. The summed E-state index contributed by atoms with van der Waals surface area (Å²) in [5, 5.41) is 3.96. The molecule has 6 heteroatoms. The van der Waals surface area contributed by atoms with Gasteiger partial charge in [0.15, 0.2) is 5.82 Å². The lowest BCUT2D eigenvalue weighted by atomic mass is 10.1. The topological polar surface area (TPSA) is 64.9 Å². The Bertz CT molecular complexity index is 515. The summed E-state index contributed by atoms with van der Waals surface area (Å²) in [5.41, 5.74) is 6.10. The summed E-state index contributed by atoms with van der Waals surface area (Å²) in [6.45, 7) is 1.64. The number of rotatable bonds is 2. The van der Waals surface area contributed by atoms with Crippen LogP contribution in [0.4, 0.5) is 4.39 Å². The van der Waals surface area contributed by atoms with Crippen molar-refractivity contribution in [2.45, 2.75) is 13.0 Å². The molecule has 1 aromatic heterocycles. The van der Waals surface area contributed by atoms with Crippen molar-refractivity contribution in [3.8, 4) is 0 Å². The first-order valence-electron chi connectivity index (χ1n) is 4.58. The van der Waals surface area contributed by atoms with Crippen molar-refractivity contribution in [1.82, 2.24) is 10.1 Å². The molecule has 4 nitrogen and oxygen atoms in total. The van der Waals surface area contributed by atoms with Crippen LogP contribution in [0, 0.1) is 12.7 Å². The van der Waals surface area contributed by atoms with Crippen molar-refractivity contribution in [2.75, 3.05) is 0 Å². The van der Waals surface area contributed by atoms with E-state index in [4.69, 9.17) is 21.9 Å². The number of hydrogen-bond donors (Lipinski definition) is 1. The zero-order chi connectivity index (χ0) is 11.7. The van der Waals surface area contributed by atoms with E-state index in [0.29, 0.717) is 10.9 Å². The molecule has 2 rings (SSSR count). The molecular weight excluding hydrogens is 233 g/mol. The lowest BCUT2D eigenvalue weighted by Crippen LogP contribution is -2.15. The highest BCUT2D eigenvalue weighted by atomic mass is 35.5. The van der Waals surface area contributed by atoms with Gasteiger partial charge in [0.2, 0.25) is 5.89 Å². The number of nitrogens with zero attached hydrogens (tertiary/aromatic N) is 2. The zero-order valence-electron chi connectivity index (χ0n) is 8.45. The van der Waals surface area contributed by atoms with Crippen molar-refractivity contribution >= 4 is 11.6 Å². The molecule has 0 aliphatic heterocycles. The minimum atomic E-state index is -0.755. The van der Waals surface area contributed by atoms with Crippen LogP contribution in [0.25, 0.3) is 0 Å². The number of halogens is 2. The van der Waals surface area contributed by atoms with Crippen molar-refractivity contribution in [3.05, 3.63) is 46.3 Å². The van der Waals surface area contributed by atoms with Crippen LogP contribution in [0.5, 0.6) is 0 Å². The molecule has 0 saturated carbocycles. The fourth-order valence-electron chi connectivity index (χ4n) is 1.33. The summed E-state index contributed by atoms with van der Waals surface area (Å²) < 4.78 is 18.3. The van der Waals surface area contributed by atoms with Gasteiger partial charge >= 0.3 is 0 Å². The second kappa shape index (κ2) is 4.19. The van der Waals surface area contributed by atoms with Crippen LogP contribution in [0.3, 0.4) is 0 Å². The maximum Gasteiger partial charge on any atom is 0.223 e. The molecular formula is C10H9ClFN3O. The molecule has 0 radical (unpaired) electrons. The van der Waals surface area contributed by atoms with Gasteiger partial charge < -0.3 is 10.3 Å². The summed E-state index contributed by atoms with van der Waals surface area (Å²) in [5.74, 6) is 0.154. The Hall–Kier alpha value is -1.46. The molecule has 1 aromatic carbocycles. The van der Waals surface area contributed by atoms with Crippen LogP contribution in [0.2, 0.25) is 5.02 Å². The molecule has 0 fully saturated rings. The summed E-state index contributed by atoms with van der Waals surface area (Å²) in [7, 11) is 0. The fraction of sp³-hybridized carbons (Fsp3) is 0.200. The molecule has 16 heavy (non-hydrogen) atoms. The first-order chi connectivity index (χ1) is 7.58. The van der Waals surface area contributed by atoms with E-state index in [1.807, 2.05) is 0 Å². The molecule has 0 aliphatic carbocycles. The number of benzene rings is 1. The van der Waals surface area contributed by atoms with Crippen LogP contribution in [-0.4, -0.2) is 10.1 Å². The Balaban J connectivity index is 2.37. The number of nitrogens with two attached hydrogens (primary N) is 1. The number of aromatic nitrogens is 2. The molecule has 0 spiro atoms. The van der Waals surface area contributed by atoms with Gasteiger partial charge in [-0.3, -0.25) is 0 Å². The van der Waals surface area contributed by atoms with Crippen molar-refractivity contribution < 1.29 is 8.91 Å². The Morgan fingerprint density at radius 1 is 1.50 bits per heavy atom. The molecule has 0 saturated heterocycles. The number of aryl methyl sites for hydroxylation is 1. The smallest absolute Gasteiger partial charge is 0.223 e. The Morgan fingerprint density at radius 3 is 2.81 bits per heavy atom. The second-order valence-electron chi connectivity index (χ2n) is 3.32. The molecule has 2 N–H and O–H groups in total. The van der Waals surface area contributed by atoms with Gasteiger partial charge in [-0.15, -0.1) is 0 Å².